The summed E-state index contributed by atoms with van der Waals surface area (Å²) in [6, 6.07) is 23.1. The topological polar surface area (TPSA) is 87.7 Å². The number of nitrogens with one attached hydrogen (secondary N) is 2. The normalized spacial score (nSPS) is 14.4. The third-order valence-electron chi connectivity index (χ3n) is 5.36. The van der Waals surface area contributed by atoms with Crippen LogP contribution in [0.1, 0.15) is 19.3 Å². The molecule has 2 N–H and O–H groups in total. The monoisotopic (exact) mass is 465 g/mol. The van der Waals surface area contributed by atoms with E-state index in [1.165, 1.54) is 16.4 Å². The number of anilines is 2. The average molecular weight is 466 g/mol. The van der Waals surface area contributed by atoms with Gasteiger partial charge in [0.1, 0.15) is 11.5 Å². The van der Waals surface area contributed by atoms with Crippen LogP contribution in [0.25, 0.3) is 0 Å². The molecule has 0 atom stereocenters. The Labute approximate surface area is 194 Å². The Hall–Kier alpha value is -3.36. The Bertz CT molecular complexity index is 1180. The number of nitrogens with zero attached hydrogens (tertiary/aromatic N) is 1. The average Bonchev–Trinajstić information content (AvgIpc) is 2.85. The van der Waals surface area contributed by atoms with Crippen molar-refractivity contribution in [2.45, 2.75) is 24.2 Å². The number of benzene rings is 3. The summed E-state index contributed by atoms with van der Waals surface area (Å²) in [7, 11) is -3.48. The second-order valence-corrected chi connectivity index (χ2v) is 9.77. The van der Waals surface area contributed by atoms with E-state index in [9.17, 15) is 13.2 Å². The smallest absolute Gasteiger partial charge is 0.243 e. The van der Waals surface area contributed by atoms with Gasteiger partial charge in [0.25, 0.3) is 0 Å². The van der Waals surface area contributed by atoms with Crippen LogP contribution >= 0.6 is 0 Å². The maximum atomic E-state index is 12.7. The molecule has 0 aliphatic carbocycles. The fourth-order valence-electron chi connectivity index (χ4n) is 3.65. The highest BCUT2D eigenvalue weighted by Crippen LogP contribution is 2.24. The Morgan fingerprint density at radius 1 is 0.818 bits per heavy atom. The van der Waals surface area contributed by atoms with E-state index in [1.54, 1.807) is 12.1 Å². The molecule has 0 bridgehead atoms. The van der Waals surface area contributed by atoms with Gasteiger partial charge in [-0.15, -0.1) is 0 Å². The van der Waals surface area contributed by atoms with Crippen molar-refractivity contribution in [3.63, 3.8) is 0 Å². The minimum absolute atomic E-state index is 0.0582. The summed E-state index contributed by atoms with van der Waals surface area (Å²) in [5.74, 6) is 1.16. The number of carbonyl (C=O) groups excluding carboxylic acids is 1. The maximum absolute atomic E-state index is 12.7. The van der Waals surface area contributed by atoms with E-state index in [-0.39, 0.29) is 17.3 Å². The van der Waals surface area contributed by atoms with E-state index in [1.807, 2.05) is 54.6 Å². The van der Waals surface area contributed by atoms with Gasteiger partial charge >= 0.3 is 0 Å². The molecule has 0 unspecified atom stereocenters. The first kappa shape index (κ1) is 22.8. The summed E-state index contributed by atoms with van der Waals surface area (Å²) >= 11 is 0. The highest BCUT2D eigenvalue weighted by atomic mass is 32.2. The van der Waals surface area contributed by atoms with Gasteiger partial charge in [0, 0.05) is 30.5 Å². The van der Waals surface area contributed by atoms with Crippen LogP contribution in [0, 0.1) is 0 Å². The third-order valence-corrected chi connectivity index (χ3v) is 7.27. The van der Waals surface area contributed by atoms with Gasteiger partial charge in [-0.1, -0.05) is 30.7 Å². The number of rotatable bonds is 8. The number of amides is 1. The van der Waals surface area contributed by atoms with Crippen LogP contribution in [-0.2, 0) is 14.8 Å². The van der Waals surface area contributed by atoms with Crippen LogP contribution in [0.15, 0.2) is 83.8 Å². The van der Waals surface area contributed by atoms with Gasteiger partial charge < -0.3 is 15.4 Å². The molecular formula is C25H27N3O4S. The van der Waals surface area contributed by atoms with Crippen molar-refractivity contribution in [3.8, 4) is 11.5 Å². The summed E-state index contributed by atoms with van der Waals surface area (Å²) in [6.45, 7) is 1.18. The van der Waals surface area contributed by atoms with E-state index in [0.29, 0.717) is 24.5 Å². The van der Waals surface area contributed by atoms with Crippen LogP contribution in [0.5, 0.6) is 11.5 Å². The Morgan fingerprint density at radius 3 is 2.24 bits per heavy atom. The molecular weight excluding hydrogens is 438 g/mol. The van der Waals surface area contributed by atoms with E-state index in [4.69, 9.17) is 4.74 Å². The van der Waals surface area contributed by atoms with Crippen LogP contribution in [0.3, 0.4) is 0 Å². The van der Waals surface area contributed by atoms with Gasteiger partial charge in [-0.3, -0.25) is 4.79 Å². The number of carbonyl (C=O) groups is 1. The minimum Gasteiger partial charge on any atom is -0.457 e. The van der Waals surface area contributed by atoms with E-state index < -0.39 is 10.0 Å². The standard InChI is InChI=1S/C25H27N3O4S/c29-25(19-26-21-8-7-11-23(18-21)32-22-9-3-1-4-10-22)27-20-12-14-24(15-13-20)33(30,31)28-16-5-2-6-17-28/h1,3-4,7-15,18,26H,2,5-6,16-17,19H2,(H,27,29). The maximum Gasteiger partial charge on any atom is 0.243 e. The SMILES string of the molecule is O=C(CNc1cccc(Oc2ccccc2)c1)Nc1ccc(S(=O)(=O)N2CCCCC2)cc1. The molecule has 3 aromatic rings. The molecule has 7 nitrogen and oxygen atoms in total. The number of sulfonamides is 1. The highest BCUT2D eigenvalue weighted by molar-refractivity contribution is 7.89. The van der Waals surface area contributed by atoms with Crippen molar-refractivity contribution >= 4 is 27.3 Å². The minimum atomic E-state index is -3.48. The molecule has 1 fully saturated rings. The predicted octanol–water partition coefficient (Wildman–Crippen LogP) is 4.70. The highest BCUT2D eigenvalue weighted by Gasteiger charge is 2.25. The molecule has 172 valence electrons. The lowest BCUT2D eigenvalue weighted by atomic mass is 10.2. The Kier molecular flexibility index (Phi) is 7.26. The molecule has 0 saturated carbocycles. The largest absolute Gasteiger partial charge is 0.457 e. The zero-order chi connectivity index (χ0) is 23.1. The van der Waals surface area contributed by atoms with Crippen LogP contribution in [0.4, 0.5) is 11.4 Å². The zero-order valence-corrected chi connectivity index (χ0v) is 19.1. The molecule has 1 saturated heterocycles. The van der Waals surface area contributed by atoms with Crippen LogP contribution in [0.2, 0.25) is 0 Å². The predicted molar refractivity (Wildman–Crippen MR) is 129 cm³/mol. The lowest BCUT2D eigenvalue weighted by Crippen LogP contribution is -2.35. The fraction of sp³-hybridized carbons (Fsp3) is 0.240. The zero-order valence-electron chi connectivity index (χ0n) is 18.2. The first-order chi connectivity index (χ1) is 16.0. The number of ether oxygens (including phenoxy) is 1. The Balaban J connectivity index is 1.31. The molecule has 1 amide bonds. The summed E-state index contributed by atoms with van der Waals surface area (Å²) in [5.41, 5.74) is 1.29. The second kappa shape index (κ2) is 10.5. The molecule has 1 aliphatic heterocycles. The van der Waals surface area contributed by atoms with E-state index >= 15 is 0 Å². The molecule has 33 heavy (non-hydrogen) atoms. The molecule has 4 rings (SSSR count). The summed E-state index contributed by atoms with van der Waals surface area (Å²) < 4.78 is 32.8. The van der Waals surface area contributed by atoms with Gasteiger partial charge in [0.15, 0.2) is 0 Å². The van der Waals surface area contributed by atoms with Crippen LogP contribution < -0.4 is 15.4 Å². The third kappa shape index (κ3) is 6.12. The molecule has 1 heterocycles. The number of para-hydroxylation sites is 1. The van der Waals surface area contributed by atoms with Gasteiger partial charge in [-0.25, -0.2) is 8.42 Å². The van der Waals surface area contributed by atoms with E-state index in [2.05, 4.69) is 10.6 Å². The Morgan fingerprint density at radius 2 is 1.52 bits per heavy atom. The second-order valence-electron chi connectivity index (χ2n) is 7.83. The fourth-order valence-corrected chi connectivity index (χ4v) is 5.16. The molecule has 0 spiro atoms. The van der Waals surface area contributed by atoms with Gasteiger partial charge in [-0.2, -0.15) is 4.31 Å². The number of hydrogen-bond acceptors (Lipinski definition) is 5. The van der Waals surface area contributed by atoms with Crippen molar-refractivity contribution in [3.05, 3.63) is 78.9 Å². The molecule has 0 radical (unpaired) electrons. The number of hydrogen-bond donors (Lipinski definition) is 2. The van der Waals surface area contributed by atoms with Gasteiger partial charge in [0.05, 0.1) is 11.4 Å². The first-order valence-corrected chi connectivity index (χ1v) is 12.4. The lowest BCUT2D eigenvalue weighted by molar-refractivity contribution is -0.114. The van der Waals surface area contributed by atoms with Crippen LogP contribution in [-0.4, -0.2) is 38.3 Å². The molecule has 0 aromatic heterocycles. The molecule has 3 aromatic carbocycles. The summed E-state index contributed by atoms with van der Waals surface area (Å²) in [6.07, 6.45) is 2.85. The lowest BCUT2D eigenvalue weighted by Gasteiger charge is -2.25. The summed E-state index contributed by atoms with van der Waals surface area (Å²) in [5, 5.41) is 5.86. The molecule has 8 heteroatoms. The molecule has 1 aliphatic rings. The quantitative estimate of drug-likeness (QED) is 0.503. The number of piperidine rings is 1. The first-order valence-electron chi connectivity index (χ1n) is 11.0. The van der Waals surface area contributed by atoms with Crippen molar-refractivity contribution in [1.82, 2.24) is 4.31 Å². The van der Waals surface area contributed by atoms with Crippen molar-refractivity contribution < 1.29 is 17.9 Å². The summed E-state index contributed by atoms with van der Waals surface area (Å²) in [4.78, 5) is 12.6. The van der Waals surface area contributed by atoms with Crippen molar-refractivity contribution in [2.75, 3.05) is 30.3 Å². The van der Waals surface area contributed by atoms with Gasteiger partial charge in [-0.05, 0) is 61.4 Å². The van der Waals surface area contributed by atoms with Gasteiger partial charge in [0.2, 0.25) is 15.9 Å². The van der Waals surface area contributed by atoms with Crippen molar-refractivity contribution in [1.29, 1.82) is 0 Å². The van der Waals surface area contributed by atoms with E-state index in [0.717, 1.165) is 30.7 Å². The van der Waals surface area contributed by atoms with Crippen molar-refractivity contribution in [2.24, 2.45) is 0 Å².